The van der Waals surface area contributed by atoms with Crippen molar-refractivity contribution in [1.82, 2.24) is 9.55 Å². The molecule has 2 aromatic rings. The van der Waals surface area contributed by atoms with Gasteiger partial charge in [0.1, 0.15) is 6.07 Å². The molecule has 1 aromatic heterocycles. The van der Waals surface area contributed by atoms with Crippen molar-refractivity contribution in [1.29, 1.82) is 5.26 Å². The number of H-pyrrole nitrogens is 1. The van der Waals surface area contributed by atoms with Gasteiger partial charge >= 0.3 is 0 Å². The van der Waals surface area contributed by atoms with E-state index in [2.05, 4.69) is 43.3 Å². The predicted octanol–water partition coefficient (Wildman–Crippen LogP) is 4.50. The first-order valence-corrected chi connectivity index (χ1v) is 7.48. The lowest BCUT2D eigenvalue weighted by atomic mass is 9.85. The Hall–Kier alpha value is -1.60. The third kappa shape index (κ3) is 2.64. The molecule has 0 radical (unpaired) electrons. The van der Waals surface area contributed by atoms with E-state index >= 15 is 0 Å². The van der Waals surface area contributed by atoms with E-state index < -0.39 is 0 Å². The molecule has 3 nitrogen and oxygen atoms in total. The van der Waals surface area contributed by atoms with Gasteiger partial charge in [0, 0.05) is 6.54 Å². The summed E-state index contributed by atoms with van der Waals surface area (Å²) in [6.45, 7) is 9.91. The molecule has 0 unspecified atom stereocenters. The van der Waals surface area contributed by atoms with E-state index in [-0.39, 0.29) is 0 Å². The maximum absolute atomic E-state index is 9.18. The summed E-state index contributed by atoms with van der Waals surface area (Å²) in [5, 5.41) is 9.18. The Labute approximate surface area is 125 Å². The monoisotopic (exact) mass is 287 g/mol. The standard InChI is InChI=1S/C16H21N3S/c1-10(2)13(11(3)4)9-19-14-7-5-6-12(8-17)15(14)18-16(19)20/h5-7,10-11,13H,9H2,1-4H3,(H,18,20). The quantitative estimate of drug-likeness (QED) is 0.841. The minimum atomic E-state index is 0.562. The summed E-state index contributed by atoms with van der Waals surface area (Å²) in [5.74, 6) is 1.76. The number of aromatic amines is 1. The van der Waals surface area contributed by atoms with Gasteiger partial charge in [0.15, 0.2) is 4.77 Å². The van der Waals surface area contributed by atoms with Crippen LogP contribution in [0.4, 0.5) is 0 Å². The number of nitriles is 1. The molecule has 0 spiro atoms. The summed E-state index contributed by atoms with van der Waals surface area (Å²) in [7, 11) is 0. The molecule has 0 aliphatic rings. The minimum absolute atomic E-state index is 0.562. The number of nitrogens with zero attached hydrogens (tertiary/aromatic N) is 2. The molecule has 0 amide bonds. The summed E-state index contributed by atoms with van der Waals surface area (Å²) >= 11 is 5.45. The van der Waals surface area contributed by atoms with Crippen molar-refractivity contribution >= 4 is 23.3 Å². The highest BCUT2D eigenvalue weighted by molar-refractivity contribution is 7.71. The fourth-order valence-corrected chi connectivity index (χ4v) is 3.13. The van der Waals surface area contributed by atoms with Crippen LogP contribution in [0.25, 0.3) is 11.0 Å². The lowest BCUT2D eigenvalue weighted by molar-refractivity contribution is 0.253. The van der Waals surface area contributed by atoms with Gasteiger partial charge in [-0.2, -0.15) is 5.26 Å². The third-order valence-electron chi connectivity index (χ3n) is 4.04. The summed E-state index contributed by atoms with van der Waals surface area (Å²) in [6.07, 6.45) is 0. The second-order valence-corrected chi connectivity index (χ2v) is 6.39. The zero-order valence-electron chi connectivity index (χ0n) is 12.5. The molecule has 20 heavy (non-hydrogen) atoms. The van der Waals surface area contributed by atoms with Gasteiger partial charge in [-0.1, -0.05) is 33.8 Å². The van der Waals surface area contributed by atoms with E-state index in [1.54, 1.807) is 0 Å². The Balaban J connectivity index is 2.53. The number of rotatable bonds is 4. The van der Waals surface area contributed by atoms with Crippen molar-refractivity contribution in [3.05, 3.63) is 28.5 Å². The van der Waals surface area contributed by atoms with Gasteiger partial charge in [-0.15, -0.1) is 0 Å². The van der Waals surface area contributed by atoms with Crippen LogP contribution in [0.1, 0.15) is 33.3 Å². The molecular formula is C16H21N3S. The van der Waals surface area contributed by atoms with Crippen molar-refractivity contribution in [2.24, 2.45) is 17.8 Å². The van der Waals surface area contributed by atoms with Gasteiger partial charge in [-0.25, -0.2) is 0 Å². The predicted molar refractivity (Wildman–Crippen MR) is 85.0 cm³/mol. The normalized spacial score (nSPS) is 11.7. The zero-order chi connectivity index (χ0) is 14.9. The number of benzene rings is 1. The van der Waals surface area contributed by atoms with E-state index in [0.29, 0.717) is 28.1 Å². The van der Waals surface area contributed by atoms with Crippen molar-refractivity contribution in [2.45, 2.75) is 34.2 Å². The van der Waals surface area contributed by atoms with Crippen molar-refractivity contribution < 1.29 is 0 Å². The molecule has 0 aliphatic heterocycles. The molecule has 1 aromatic carbocycles. The van der Waals surface area contributed by atoms with Crippen LogP contribution >= 0.6 is 12.2 Å². The fraction of sp³-hybridized carbons (Fsp3) is 0.500. The van der Waals surface area contributed by atoms with Crippen LogP contribution in [0.15, 0.2) is 18.2 Å². The van der Waals surface area contributed by atoms with E-state index in [4.69, 9.17) is 12.2 Å². The molecule has 0 bridgehead atoms. The first kappa shape index (κ1) is 14.8. The van der Waals surface area contributed by atoms with Crippen LogP contribution in [0.5, 0.6) is 0 Å². The van der Waals surface area contributed by atoms with Gasteiger partial charge in [0.2, 0.25) is 0 Å². The topological polar surface area (TPSA) is 44.5 Å². The molecule has 0 saturated carbocycles. The average Bonchev–Trinajstić information content (AvgIpc) is 2.70. The van der Waals surface area contributed by atoms with Crippen molar-refractivity contribution in [3.8, 4) is 6.07 Å². The Morgan fingerprint density at radius 1 is 1.25 bits per heavy atom. The Morgan fingerprint density at radius 2 is 1.90 bits per heavy atom. The van der Waals surface area contributed by atoms with E-state index in [9.17, 15) is 5.26 Å². The minimum Gasteiger partial charge on any atom is -0.329 e. The van der Waals surface area contributed by atoms with Gasteiger partial charge in [-0.05, 0) is 42.1 Å². The smallest absolute Gasteiger partial charge is 0.178 e. The lowest BCUT2D eigenvalue weighted by Crippen LogP contribution is -2.21. The van der Waals surface area contributed by atoms with Crippen molar-refractivity contribution in [3.63, 3.8) is 0 Å². The van der Waals surface area contributed by atoms with Crippen molar-refractivity contribution in [2.75, 3.05) is 0 Å². The van der Waals surface area contributed by atoms with Crippen LogP contribution in [0.2, 0.25) is 0 Å². The highest BCUT2D eigenvalue weighted by atomic mass is 32.1. The Bertz CT molecular complexity index is 693. The molecular weight excluding hydrogens is 266 g/mol. The summed E-state index contributed by atoms with van der Waals surface area (Å²) in [4.78, 5) is 3.19. The molecule has 1 N–H and O–H groups in total. The fourth-order valence-electron chi connectivity index (χ4n) is 2.86. The van der Waals surface area contributed by atoms with Gasteiger partial charge in [0.25, 0.3) is 0 Å². The second kappa shape index (κ2) is 5.80. The molecule has 0 saturated heterocycles. The second-order valence-electron chi connectivity index (χ2n) is 6.00. The highest BCUT2D eigenvalue weighted by Crippen LogP contribution is 2.26. The van der Waals surface area contributed by atoms with Gasteiger partial charge < -0.3 is 9.55 Å². The Kier molecular flexibility index (Phi) is 4.29. The number of nitrogens with one attached hydrogen (secondary N) is 1. The number of hydrogen-bond donors (Lipinski definition) is 1. The number of fused-ring (bicyclic) bond motifs is 1. The molecule has 106 valence electrons. The molecule has 1 heterocycles. The number of hydrogen-bond acceptors (Lipinski definition) is 2. The van der Waals surface area contributed by atoms with Crippen LogP contribution in [0, 0.1) is 33.9 Å². The number of para-hydroxylation sites is 1. The first-order chi connectivity index (χ1) is 9.45. The molecule has 4 heteroatoms. The van der Waals surface area contributed by atoms with E-state index in [0.717, 1.165) is 17.6 Å². The largest absolute Gasteiger partial charge is 0.329 e. The molecule has 0 aliphatic carbocycles. The molecule has 0 fully saturated rings. The lowest BCUT2D eigenvalue weighted by Gasteiger charge is -2.25. The summed E-state index contributed by atoms with van der Waals surface area (Å²) in [6, 6.07) is 7.98. The number of aromatic nitrogens is 2. The van der Waals surface area contributed by atoms with Gasteiger partial charge in [0.05, 0.1) is 16.6 Å². The van der Waals surface area contributed by atoms with Crippen LogP contribution < -0.4 is 0 Å². The summed E-state index contributed by atoms with van der Waals surface area (Å²) in [5.41, 5.74) is 2.53. The first-order valence-electron chi connectivity index (χ1n) is 7.07. The number of imidazole rings is 1. The average molecular weight is 287 g/mol. The molecule has 0 atom stereocenters. The molecule has 2 rings (SSSR count). The van der Waals surface area contributed by atoms with E-state index in [1.165, 1.54) is 0 Å². The maximum Gasteiger partial charge on any atom is 0.178 e. The Morgan fingerprint density at radius 3 is 2.45 bits per heavy atom. The van der Waals surface area contributed by atoms with Crippen LogP contribution in [-0.2, 0) is 6.54 Å². The van der Waals surface area contributed by atoms with Crippen LogP contribution in [-0.4, -0.2) is 9.55 Å². The maximum atomic E-state index is 9.18. The zero-order valence-corrected chi connectivity index (χ0v) is 13.3. The van der Waals surface area contributed by atoms with E-state index in [1.807, 2.05) is 18.2 Å². The van der Waals surface area contributed by atoms with Crippen LogP contribution in [0.3, 0.4) is 0 Å². The highest BCUT2D eigenvalue weighted by Gasteiger charge is 2.20. The summed E-state index contributed by atoms with van der Waals surface area (Å²) < 4.78 is 2.84. The van der Waals surface area contributed by atoms with Gasteiger partial charge in [-0.3, -0.25) is 0 Å². The SMILES string of the molecule is CC(C)C(Cn1c(=S)[nH]c2c(C#N)cccc21)C(C)C. The third-order valence-corrected chi connectivity index (χ3v) is 4.36.